The van der Waals surface area contributed by atoms with Crippen LogP contribution in [0.5, 0.6) is 11.5 Å². The number of rotatable bonds is 2. The fourth-order valence-electron chi connectivity index (χ4n) is 2.66. The van der Waals surface area contributed by atoms with Gasteiger partial charge >= 0.3 is 5.69 Å². The molecule has 0 radical (unpaired) electrons. The summed E-state index contributed by atoms with van der Waals surface area (Å²) in [5.74, 6) is -4.05. The number of fused-ring (bicyclic) bond motifs is 2. The van der Waals surface area contributed by atoms with Gasteiger partial charge in [-0.15, -0.1) is 0 Å². The van der Waals surface area contributed by atoms with Crippen molar-refractivity contribution in [2.75, 3.05) is 0 Å². The zero-order valence-corrected chi connectivity index (χ0v) is 11.5. The molecule has 10 heteroatoms. The Hall–Kier alpha value is -3.82. The first-order valence-corrected chi connectivity index (χ1v) is 6.35. The number of carbonyl (C=O) groups is 2. The molecule has 0 saturated heterocycles. The topological polar surface area (TPSA) is 161 Å². The zero-order valence-electron chi connectivity index (χ0n) is 11.5. The summed E-state index contributed by atoms with van der Waals surface area (Å²) < 4.78 is 0. The van der Waals surface area contributed by atoms with Crippen LogP contribution in [-0.2, 0) is 0 Å². The van der Waals surface area contributed by atoms with E-state index in [1.165, 1.54) is 0 Å². The third-order valence-corrected chi connectivity index (χ3v) is 3.61. The number of hydrogen-bond donors (Lipinski definition) is 2. The molecule has 0 aliphatic heterocycles. The largest absolute Gasteiger partial charge is 0.507 e. The molecule has 0 bridgehead atoms. The molecule has 0 amide bonds. The number of phenols is 2. The number of nitrogens with zero attached hydrogens (tertiary/aromatic N) is 2. The number of benzene rings is 2. The van der Waals surface area contributed by atoms with Crippen molar-refractivity contribution in [3.05, 3.63) is 66.7 Å². The average molecular weight is 330 g/mol. The Bertz CT molecular complexity index is 979. The molecule has 120 valence electrons. The van der Waals surface area contributed by atoms with E-state index in [4.69, 9.17) is 0 Å². The van der Waals surface area contributed by atoms with Crippen molar-refractivity contribution in [1.82, 2.24) is 0 Å². The molecule has 0 heterocycles. The summed E-state index contributed by atoms with van der Waals surface area (Å²) >= 11 is 0. The molecular weight excluding hydrogens is 324 g/mol. The van der Waals surface area contributed by atoms with Gasteiger partial charge in [0.15, 0.2) is 5.75 Å². The maximum Gasteiger partial charge on any atom is 0.322 e. The second-order valence-electron chi connectivity index (χ2n) is 4.89. The molecule has 0 atom stereocenters. The van der Waals surface area contributed by atoms with Gasteiger partial charge in [-0.3, -0.25) is 29.8 Å². The molecule has 24 heavy (non-hydrogen) atoms. The van der Waals surface area contributed by atoms with E-state index < -0.39 is 66.5 Å². The van der Waals surface area contributed by atoms with Crippen LogP contribution < -0.4 is 0 Å². The highest BCUT2D eigenvalue weighted by atomic mass is 16.6. The zero-order chi connectivity index (χ0) is 17.8. The second-order valence-corrected chi connectivity index (χ2v) is 4.89. The van der Waals surface area contributed by atoms with Crippen LogP contribution in [0.15, 0.2) is 24.3 Å². The second kappa shape index (κ2) is 4.84. The number of hydrogen-bond acceptors (Lipinski definition) is 8. The number of phenolic OH excluding ortho intramolecular Hbond substituents is 2. The Labute approximate surface area is 131 Å². The van der Waals surface area contributed by atoms with E-state index in [0.29, 0.717) is 6.07 Å². The predicted octanol–water partition coefficient (Wildman–Crippen LogP) is 1.69. The first kappa shape index (κ1) is 15.1. The van der Waals surface area contributed by atoms with E-state index >= 15 is 0 Å². The quantitative estimate of drug-likeness (QED) is 0.530. The standard InChI is InChI=1S/C14H6N2O8/c17-7-4-8(18)12(16(23)24)11-10(7)14(20)9-5(13(11)19)2-1-3-6(9)15(21)22/h1-4,17-18H. The maximum absolute atomic E-state index is 12.6. The van der Waals surface area contributed by atoms with Crippen LogP contribution in [0.3, 0.4) is 0 Å². The van der Waals surface area contributed by atoms with Crippen molar-refractivity contribution < 1.29 is 29.6 Å². The Morgan fingerprint density at radius 2 is 1.50 bits per heavy atom. The first-order valence-electron chi connectivity index (χ1n) is 6.35. The van der Waals surface area contributed by atoms with Gasteiger partial charge in [0, 0.05) is 17.7 Å². The maximum atomic E-state index is 12.6. The van der Waals surface area contributed by atoms with Gasteiger partial charge in [-0.05, 0) is 6.07 Å². The summed E-state index contributed by atoms with van der Waals surface area (Å²) in [5.41, 5.74) is -4.21. The molecule has 2 N–H and O–H groups in total. The lowest BCUT2D eigenvalue weighted by Crippen LogP contribution is -2.23. The van der Waals surface area contributed by atoms with Crippen LogP contribution in [0.2, 0.25) is 0 Å². The molecule has 0 spiro atoms. The Morgan fingerprint density at radius 1 is 0.833 bits per heavy atom. The Kier molecular flexibility index (Phi) is 3.04. The van der Waals surface area contributed by atoms with Gasteiger partial charge in [0.2, 0.25) is 11.6 Å². The number of nitro groups is 2. The van der Waals surface area contributed by atoms with E-state index in [9.17, 15) is 40.0 Å². The van der Waals surface area contributed by atoms with Gasteiger partial charge < -0.3 is 10.2 Å². The van der Waals surface area contributed by atoms with Gasteiger partial charge in [0.05, 0.1) is 15.4 Å². The van der Waals surface area contributed by atoms with Gasteiger partial charge in [-0.25, -0.2) is 0 Å². The molecule has 2 aromatic carbocycles. The number of aromatic hydroxyl groups is 2. The van der Waals surface area contributed by atoms with E-state index in [-0.39, 0.29) is 0 Å². The van der Waals surface area contributed by atoms with Gasteiger partial charge in [0.1, 0.15) is 16.9 Å². The third kappa shape index (κ3) is 1.83. The van der Waals surface area contributed by atoms with Crippen molar-refractivity contribution in [3.63, 3.8) is 0 Å². The lowest BCUT2D eigenvalue weighted by Gasteiger charge is -2.18. The smallest absolute Gasteiger partial charge is 0.322 e. The highest BCUT2D eigenvalue weighted by molar-refractivity contribution is 6.32. The summed E-state index contributed by atoms with van der Waals surface area (Å²) in [7, 11) is 0. The van der Waals surface area contributed by atoms with E-state index in [0.717, 1.165) is 18.2 Å². The van der Waals surface area contributed by atoms with E-state index in [1.54, 1.807) is 0 Å². The van der Waals surface area contributed by atoms with Crippen LogP contribution in [-0.4, -0.2) is 31.6 Å². The van der Waals surface area contributed by atoms with Gasteiger partial charge in [-0.2, -0.15) is 0 Å². The van der Waals surface area contributed by atoms with Crippen molar-refractivity contribution in [3.8, 4) is 11.5 Å². The summed E-state index contributed by atoms with van der Waals surface area (Å²) in [5, 5.41) is 41.7. The molecule has 1 aliphatic rings. The Balaban J connectivity index is 2.46. The molecule has 0 unspecified atom stereocenters. The number of carbonyl (C=O) groups excluding carboxylic acids is 2. The highest BCUT2D eigenvalue weighted by Gasteiger charge is 2.43. The van der Waals surface area contributed by atoms with Gasteiger partial charge in [-0.1, -0.05) is 6.07 Å². The monoisotopic (exact) mass is 330 g/mol. The summed E-state index contributed by atoms with van der Waals surface area (Å²) in [6, 6.07) is 3.81. The summed E-state index contributed by atoms with van der Waals surface area (Å²) in [4.78, 5) is 45.4. The third-order valence-electron chi connectivity index (χ3n) is 3.61. The normalized spacial score (nSPS) is 12.5. The van der Waals surface area contributed by atoms with Crippen LogP contribution in [0.1, 0.15) is 31.8 Å². The lowest BCUT2D eigenvalue weighted by molar-refractivity contribution is -0.386. The summed E-state index contributed by atoms with van der Waals surface area (Å²) in [6.45, 7) is 0. The van der Waals surface area contributed by atoms with Crippen molar-refractivity contribution in [2.24, 2.45) is 0 Å². The van der Waals surface area contributed by atoms with Crippen molar-refractivity contribution in [2.45, 2.75) is 0 Å². The molecular formula is C14H6N2O8. The minimum absolute atomic E-state index is 0.408. The van der Waals surface area contributed by atoms with E-state index in [1.807, 2.05) is 0 Å². The van der Waals surface area contributed by atoms with Gasteiger partial charge in [0.25, 0.3) is 5.69 Å². The van der Waals surface area contributed by atoms with Crippen LogP contribution in [0, 0.1) is 20.2 Å². The molecule has 10 nitrogen and oxygen atoms in total. The minimum Gasteiger partial charge on any atom is -0.507 e. The molecule has 0 fully saturated rings. The first-order chi connectivity index (χ1) is 11.3. The Morgan fingerprint density at radius 3 is 2.08 bits per heavy atom. The summed E-state index contributed by atoms with van der Waals surface area (Å²) in [6.07, 6.45) is 0. The number of nitro benzene ring substituents is 2. The van der Waals surface area contributed by atoms with Crippen LogP contribution in [0.25, 0.3) is 0 Å². The fourth-order valence-corrected chi connectivity index (χ4v) is 2.66. The average Bonchev–Trinajstić information content (AvgIpc) is 2.50. The van der Waals surface area contributed by atoms with Crippen molar-refractivity contribution >= 4 is 22.9 Å². The lowest BCUT2D eigenvalue weighted by atomic mass is 9.81. The molecule has 1 aliphatic carbocycles. The predicted molar refractivity (Wildman–Crippen MR) is 76.4 cm³/mol. The highest BCUT2D eigenvalue weighted by Crippen LogP contribution is 2.44. The number of ketones is 2. The molecule has 3 rings (SSSR count). The van der Waals surface area contributed by atoms with Crippen molar-refractivity contribution in [1.29, 1.82) is 0 Å². The fraction of sp³-hybridized carbons (Fsp3) is 0. The SMILES string of the molecule is O=C1c2c(cccc2[N+](=O)[O-])C(=O)c2c1c(O)cc(O)c2[N+](=O)[O-]. The van der Waals surface area contributed by atoms with Crippen LogP contribution >= 0.6 is 0 Å². The molecule has 2 aromatic rings. The van der Waals surface area contributed by atoms with Crippen LogP contribution in [0.4, 0.5) is 11.4 Å². The minimum atomic E-state index is -1.10. The van der Waals surface area contributed by atoms with E-state index in [2.05, 4.69) is 0 Å². The molecule has 0 aromatic heterocycles. The molecule has 0 saturated carbocycles.